The molecule has 1 aromatic rings. The van der Waals surface area contributed by atoms with E-state index in [0.29, 0.717) is 0 Å². The fourth-order valence-corrected chi connectivity index (χ4v) is 1.91. The summed E-state index contributed by atoms with van der Waals surface area (Å²) in [5.41, 5.74) is 1.12. The predicted octanol–water partition coefficient (Wildman–Crippen LogP) is 1.20. The van der Waals surface area contributed by atoms with Crippen molar-refractivity contribution in [3.63, 3.8) is 0 Å². The SMILES string of the molecule is Cc1cncnc1NCC1CCNCC1. The molecule has 0 saturated carbocycles. The second kappa shape index (κ2) is 5.07. The first kappa shape index (κ1) is 10.4. The third-order valence-electron chi connectivity index (χ3n) is 2.91. The van der Waals surface area contributed by atoms with Crippen LogP contribution in [0.5, 0.6) is 0 Å². The van der Waals surface area contributed by atoms with Crippen molar-refractivity contribution in [2.75, 3.05) is 25.0 Å². The van der Waals surface area contributed by atoms with Crippen molar-refractivity contribution in [1.29, 1.82) is 0 Å². The fourth-order valence-electron chi connectivity index (χ4n) is 1.91. The Balaban J connectivity index is 1.84. The first-order valence-corrected chi connectivity index (χ1v) is 5.57. The molecule has 0 bridgehead atoms. The highest BCUT2D eigenvalue weighted by molar-refractivity contribution is 5.40. The maximum absolute atomic E-state index is 4.22. The number of anilines is 1. The minimum Gasteiger partial charge on any atom is -0.369 e. The van der Waals surface area contributed by atoms with Gasteiger partial charge in [-0.3, -0.25) is 0 Å². The molecule has 2 rings (SSSR count). The lowest BCUT2D eigenvalue weighted by Gasteiger charge is -2.23. The molecule has 1 aromatic heterocycles. The molecule has 4 heteroatoms. The highest BCUT2D eigenvalue weighted by Gasteiger charge is 2.12. The molecule has 0 radical (unpaired) electrons. The Kier molecular flexibility index (Phi) is 3.50. The molecule has 2 N–H and O–H groups in total. The van der Waals surface area contributed by atoms with Crippen LogP contribution in [0.3, 0.4) is 0 Å². The Morgan fingerprint density at radius 3 is 3.00 bits per heavy atom. The zero-order valence-corrected chi connectivity index (χ0v) is 9.16. The van der Waals surface area contributed by atoms with Gasteiger partial charge in [0.25, 0.3) is 0 Å². The van der Waals surface area contributed by atoms with Crippen molar-refractivity contribution >= 4 is 5.82 Å². The maximum atomic E-state index is 4.22. The monoisotopic (exact) mass is 206 g/mol. The molecular formula is C11H18N4. The van der Waals surface area contributed by atoms with E-state index in [0.717, 1.165) is 36.9 Å². The zero-order valence-electron chi connectivity index (χ0n) is 9.16. The van der Waals surface area contributed by atoms with Crippen LogP contribution in [0.15, 0.2) is 12.5 Å². The smallest absolute Gasteiger partial charge is 0.132 e. The first-order valence-electron chi connectivity index (χ1n) is 5.57. The summed E-state index contributed by atoms with van der Waals surface area (Å²) in [6.45, 7) is 5.36. The van der Waals surface area contributed by atoms with Gasteiger partial charge in [0.05, 0.1) is 0 Å². The lowest BCUT2D eigenvalue weighted by molar-refractivity contribution is 0.389. The van der Waals surface area contributed by atoms with E-state index in [-0.39, 0.29) is 0 Å². The molecule has 0 aliphatic carbocycles. The number of hydrogen-bond acceptors (Lipinski definition) is 4. The average Bonchev–Trinajstić information content (AvgIpc) is 2.29. The van der Waals surface area contributed by atoms with Gasteiger partial charge in [0.1, 0.15) is 12.1 Å². The molecule has 2 heterocycles. The van der Waals surface area contributed by atoms with E-state index in [1.165, 1.54) is 12.8 Å². The van der Waals surface area contributed by atoms with Gasteiger partial charge in [-0.15, -0.1) is 0 Å². The maximum Gasteiger partial charge on any atom is 0.132 e. The van der Waals surface area contributed by atoms with Gasteiger partial charge in [-0.05, 0) is 38.8 Å². The van der Waals surface area contributed by atoms with E-state index >= 15 is 0 Å². The second-order valence-corrected chi connectivity index (χ2v) is 4.13. The van der Waals surface area contributed by atoms with E-state index in [9.17, 15) is 0 Å². The molecule has 1 fully saturated rings. The Hall–Kier alpha value is -1.16. The normalized spacial score (nSPS) is 17.7. The fraction of sp³-hybridized carbons (Fsp3) is 0.636. The molecule has 1 aliphatic rings. The zero-order chi connectivity index (χ0) is 10.5. The molecule has 0 atom stereocenters. The highest BCUT2D eigenvalue weighted by Crippen LogP contribution is 2.14. The molecule has 0 unspecified atom stereocenters. The van der Waals surface area contributed by atoms with Gasteiger partial charge in [-0.2, -0.15) is 0 Å². The number of nitrogens with one attached hydrogen (secondary N) is 2. The Labute approximate surface area is 90.5 Å². The minimum atomic E-state index is 0.778. The van der Waals surface area contributed by atoms with Crippen LogP contribution in [-0.2, 0) is 0 Å². The van der Waals surface area contributed by atoms with Crippen LogP contribution in [0.1, 0.15) is 18.4 Å². The minimum absolute atomic E-state index is 0.778. The Bertz CT molecular complexity index is 307. The van der Waals surface area contributed by atoms with Crippen LogP contribution in [0, 0.1) is 12.8 Å². The van der Waals surface area contributed by atoms with Gasteiger partial charge in [-0.1, -0.05) is 0 Å². The standard InChI is InChI=1S/C11H18N4/c1-9-6-13-8-15-11(9)14-7-10-2-4-12-5-3-10/h6,8,10,12H,2-5,7H2,1H3,(H,13,14,15). The number of aromatic nitrogens is 2. The quantitative estimate of drug-likeness (QED) is 0.780. The lowest BCUT2D eigenvalue weighted by Crippen LogP contribution is -2.31. The van der Waals surface area contributed by atoms with Crippen LogP contribution in [0.4, 0.5) is 5.82 Å². The number of hydrogen-bond donors (Lipinski definition) is 2. The summed E-state index contributed by atoms with van der Waals surface area (Å²) in [5, 5.41) is 6.77. The number of piperidine rings is 1. The molecule has 0 spiro atoms. The van der Waals surface area contributed by atoms with Crippen molar-refractivity contribution in [2.24, 2.45) is 5.92 Å². The average molecular weight is 206 g/mol. The number of rotatable bonds is 3. The van der Waals surface area contributed by atoms with Gasteiger partial charge < -0.3 is 10.6 Å². The number of aryl methyl sites for hydroxylation is 1. The Morgan fingerprint density at radius 2 is 2.27 bits per heavy atom. The van der Waals surface area contributed by atoms with Gasteiger partial charge in [0, 0.05) is 18.3 Å². The lowest BCUT2D eigenvalue weighted by atomic mass is 9.98. The summed E-state index contributed by atoms with van der Waals surface area (Å²) >= 11 is 0. The van der Waals surface area contributed by atoms with Crippen LogP contribution in [0.2, 0.25) is 0 Å². The van der Waals surface area contributed by atoms with E-state index in [4.69, 9.17) is 0 Å². The van der Waals surface area contributed by atoms with Crippen molar-refractivity contribution < 1.29 is 0 Å². The largest absolute Gasteiger partial charge is 0.369 e. The van der Waals surface area contributed by atoms with Crippen molar-refractivity contribution in [3.05, 3.63) is 18.1 Å². The Morgan fingerprint density at radius 1 is 1.47 bits per heavy atom. The molecule has 1 saturated heterocycles. The van der Waals surface area contributed by atoms with Crippen molar-refractivity contribution in [3.8, 4) is 0 Å². The summed E-state index contributed by atoms with van der Waals surface area (Å²) in [6, 6.07) is 0. The summed E-state index contributed by atoms with van der Waals surface area (Å²) in [4.78, 5) is 8.20. The van der Waals surface area contributed by atoms with Gasteiger partial charge in [0.2, 0.25) is 0 Å². The summed E-state index contributed by atoms with van der Waals surface area (Å²) in [5.74, 6) is 1.75. The molecule has 15 heavy (non-hydrogen) atoms. The van der Waals surface area contributed by atoms with Gasteiger partial charge in [-0.25, -0.2) is 9.97 Å². The van der Waals surface area contributed by atoms with E-state index in [1.807, 2.05) is 13.1 Å². The van der Waals surface area contributed by atoms with E-state index in [1.54, 1.807) is 6.33 Å². The summed E-state index contributed by atoms with van der Waals surface area (Å²) < 4.78 is 0. The molecule has 0 aromatic carbocycles. The van der Waals surface area contributed by atoms with Gasteiger partial charge >= 0.3 is 0 Å². The molecule has 4 nitrogen and oxygen atoms in total. The third kappa shape index (κ3) is 2.89. The predicted molar refractivity (Wildman–Crippen MR) is 60.9 cm³/mol. The number of nitrogens with zero attached hydrogens (tertiary/aromatic N) is 2. The van der Waals surface area contributed by atoms with Crippen molar-refractivity contribution in [2.45, 2.75) is 19.8 Å². The second-order valence-electron chi connectivity index (χ2n) is 4.13. The summed E-state index contributed by atoms with van der Waals surface area (Å²) in [6.07, 6.45) is 5.96. The highest BCUT2D eigenvalue weighted by atomic mass is 15.0. The van der Waals surface area contributed by atoms with Gasteiger partial charge in [0.15, 0.2) is 0 Å². The molecular weight excluding hydrogens is 188 g/mol. The molecule has 1 aliphatic heterocycles. The topological polar surface area (TPSA) is 49.8 Å². The van der Waals surface area contributed by atoms with E-state index < -0.39 is 0 Å². The van der Waals surface area contributed by atoms with Crippen LogP contribution < -0.4 is 10.6 Å². The van der Waals surface area contributed by atoms with Crippen LogP contribution in [-0.4, -0.2) is 29.6 Å². The third-order valence-corrected chi connectivity index (χ3v) is 2.91. The molecule has 0 amide bonds. The van der Waals surface area contributed by atoms with Crippen molar-refractivity contribution in [1.82, 2.24) is 15.3 Å². The van der Waals surface area contributed by atoms with Crippen LogP contribution >= 0.6 is 0 Å². The van der Waals surface area contributed by atoms with Crippen LogP contribution in [0.25, 0.3) is 0 Å². The molecule has 82 valence electrons. The van der Waals surface area contributed by atoms with E-state index in [2.05, 4.69) is 20.6 Å². The summed E-state index contributed by atoms with van der Waals surface area (Å²) in [7, 11) is 0. The first-order chi connectivity index (χ1) is 7.36.